The summed E-state index contributed by atoms with van der Waals surface area (Å²) >= 11 is 0. The van der Waals surface area contributed by atoms with Gasteiger partial charge in [-0.1, -0.05) is 42.5 Å². The molecule has 0 saturated carbocycles. The van der Waals surface area contributed by atoms with Crippen LogP contribution in [0.4, 0.5) is 0 Å². The Hall–Kier alpha value is -1.16. The smallest absolute Gasteiger partial charge is 0.0494 e. The summed E-state index contributed by atoms with van der Waals surface area (Å²) < 4.78 is 0. The minimum absolute atomic E-state index is 0.274. The van der Waals surface area contributed by atoms with Gasteiger partial charge in [-0.25, -0.2) is 0 Å². The van der Waals surface area contributed by atoms with Crippen LogP contribution in [0.5, 0.6) is 0 Å². The van der Waals surface area contributed by atoms with Crippen LogP contribution in [0.15, 0.2) is 42.5 Å². The van der Waals surface area contributed by atoms with Gasteiger partial charge < -0.3 is 10.4 Å². The molecule has 0 radical (unpaired) electrons. The van der Waals surface area contributed by atoms with E-state index in [1.54, 1.807) is 0 Å². The third-order valence-electron chi connectivity index (χ3n) is 4.79. The van der Waals surface area contributed by atoms with E-state index in [4.69, 9.17) is 0 Å². The minimum atomic E-state index is 0.274. The first-order chi connectivity index (χ1) is 10.2. The molecule has 1 heterocycles. The first-order valence-electron chi connectivity index (χ1n) is 8.08. The summed E-state index contributed by atoms with van der Waals surface area (Å²) in [6.07, 6.45) is 6.63. The molecule has 2 aliphatic rings. The molecule has 4 atom stereocenters. The molecule has 3 rings (SSSR count). The first-order valence-corrected chi connectivity index (χ1v) is 8.08. The van der Waals surface area contributed by atoms with E-state index >= 15 is 0 Å². The predicted molar refractivity (Wildman–Crippen MR) is 86.0 cm³/mol. The highest BCUT2D eigenvalue weighted by Gasteiger charge is 2.31. The lowest BCUT2D eigenvalue weighted by molar-refractivity contribution is 0.242. The van der Waals surface area contributed by atoms with Gasteiger partial charge in [-0.15, -0.1) is 0 Å². The molecule has 114 valence electrons. The maximum atomic E-state index is 9.21. The summed E-state index contributed by atoms with van der Waals surface area (Å²) in [7, 11) is 0. The van der Waals surface area contributed by atoms with Gasteiger partial charge >= 0.3 is 0 Å². The van der Waals surface area contributed by atoms with Gasteiger partial charge in [-0.3, -0.25) is 4.90 Å². The van der Waals surface area contributed by atoms with Crippen molar-refractivity contribution in [3.63, 3.8) is 0 Å². The molecule has 0 spiro atoms. The standard InChI is InChI=1S/C18H26N2O/c1-14-9-18(19-17-8-7-16(10-17)13-21)12-20(14)11-15-5-3-2-4-6-15/h2-8,14,16-19,21H,9-13H2,1H3/t14?,16-,17+,18?/m0/s1. The Morgan fingerprint density at radius 3 is 2.71 bits per heavy atom. The number of aliphatic hydroxyl groups excluding tert-OH is 1. The molecule has 2 unspecified atom stereocenters. The number of hydrogen-bond acceptors (Lipinski definition) is 3. The molecule has 1 aliphatic carbocycles. The quantitative estimate of drug-likeness (QED) is 0.814. The van der Waals surface area contributed by atoms with Crippen molar-refractivity contribution in [2.24, 2.45) is 5.92 Å². The fourth-order valence-electron chi connectivity index (χ4n) is 3.59. The van der Waals surface area contributed by atoms with Crippen LogP contribution in [0.1, 0.15) is 25.3 Å². The highest BCUT2D eigenvalue weighted by molar-refractivity contribution is 5.15. The van der Waals surface area contributed by atoms with Gasteiger partial charge in [0.2, 0.25) is 0 Å². The van der Waals surface area contributed by atoms with Crippen LogP contribution in [-0.4, -0.2) is 41.3 Å². The Kier molecular flexibility index (Phi) is 4.73. The molecule has 1 aromatic carbocycles. The summed E-state index contributed by atoms with van der Waals surface area (Å²) in [6.45, 7) is 4.76. The molecule has 1 fully saturated rings. The summed E-state index contributed by atoms with van der Waals surface area (Å²) in [5.41, 5.74) is 1.39. The zero-order valence-corrected chi connectivity index (χ0v) is 12.8. The Labute approximate surface area is 127 Å². The number of nitrogens with zero attached hydrogens (tertiary/aromatic N) is 1. The molecule has 3 nitrogen and oxygen atoms in total. The largest absolute Gasteiger partial charge is 0.396 e. The van der Waals surface area contributed by atoms with Gasteiger partial charge in [0.1, 0.15) is 0 Å². The fraction of sp³-hybridized carbons (Fsp3) is 0.556. The molecule has 0 aromatic heterocycles. The number of benzene rings is 1. The van der Waals surface area contributed by atoms with Crippen LogP contribution in [0.25, 0.3) is 0 Å². The van der Waals surface area contributed by atoms with Crippen molar-refractivity contribution in [1.29, 1.82) is 0 Å². The van der Waals surface area contributed by atoms with Crippen molar-refractivity contribution in [3.05, 3.63) is 48.0 Å². The van der Waals surface area contributed by atoms with E-state index in [1.165, 1.54) is 12.0 Å². The monoisotopic (exact) mass is 286 g/mol. The molecule has 0 amide bonds. The summed E-state index contributed by atoms with van der Waals surface area (Å²) in [5, 5.41) is 13.0. The SMILES string of the molecule is CC1CC(N[C@@H]2C=C[C@H](CO)C2)CN1Cc1ccccc1. The zero-order valence-electron chi connectivity index (χ0n) is 12.8. The van der Waals surface area contributed by atoms with E-state index in [-0.39, 0.29) is 6.61 Å². The second kappa shape index (κ2) is 6.73. The van der Waals surface area contributed by atoms with Gasteiger partial charge in [-0.05, 0) is 25.3 Å². The third-order valence-corrected chi connectivity index (χ3v) is 4.79. The van der Waals surface area contributed by atoms with Crippen LogP contribution in [0.2, 0.25) is 0 Å². The second-order valence-electron chi connectivity index (χ2n) is 6.53. The summed E-state index contributed by atoms with van der Waals surface area (Å²) in [4.78, 5) is 2.56. The van der Waals surface area contributed by atoms with Crippen molar-refractivity contribution in [3.8, 4) is 0 Å². The van der Waals surface area contributed by atoms with Gasteiger partial charge in [0.25, 0.3) is 0 Å². The maximum absolute atomic E-state index is 9.21. The first kappa shape index (κ1) is 14.8. The Morgan fingerprint density at radius 2 is 2.00 bits per heavy atom. The van der Waals surface area contributed by atoms with Crippen LogP contribution < -0.4 is 5.32 Å². The van der Waals surface area contributed by atoms with E-state index in [2.05, 4.69) is 59.6 Å². The number of likely N-dealkylation sites (tertiary alicyclic amines) is 1. The van der Waals surface area contributed by atoms with Crippen LogP contribution >= 0.6 is 0 Å². The minimum Gasteiger partial charge on any atom is -0.396 e. The van der Waals surface area contributed by atoms with Crippen molar-refractivity contribution >= 4 is 0 Å². The van der Waals surface area contributed by atoms with Crippen molar-refractivity contribution in [2.75, 3.05) is 13.2 Å². The van der Waals surface area contributed by atoms with E-state index in [1.807, 2.05) is 0 Å². The Balaban J connectivity index is 1.51. The molecule has 0 bridgehead atoms. The number of rotatable bonds is 5. The average molecular weight is 286 g/mol. The molecular formula is C18H26N2O. The lowest BCUT2D eigenvalue weighted by Gasteiger charge is -2.21. The van der Waals surface area contributed by atoms with Gasteiger partial charge in [0.05, 0.1) is 0 Å². The summed E-state index contributed by atoms with van der Waals surface area (Å²) in [6, 6.07) is 12.4. The topological polar surface area (TPSA) is 35.5 Å². The Bertz CT molecular complexity index is 473. The van der Waals surface area contributed by atoms with E-state index in [0.29, 0.717) is 24.0 Å². The van der Waals surface area contributed by atoms with E-state index in [0.717, 1.165) is 19.5 Å². The molecule has 21 heavy (non-hydrogen) atoms. The van der Waals surface area contributed by atoms with Crippen molar-refractivity contribution < 1.29 is 5.11 Å². The van der Waals surface area contributed by atoms with Crippen molar-refractivity contribution in [2.45, 2.75) is 44.4 Å². The molecule has 1 aliphatic heterocycles. The van der Waals surface area contributed by atoms with Gasteiger partial charge in [-0.2, -0.15) is 0 Å². The van der Waals surface area contributed by atoms with E-state index < -0.39 is 0 Å². The predicted octanol–water partition coefficient (Wildman–Crippen LogP) is 2.18. The highest BCUT2D eigenvalue weighted by Crippen LogP contribution is 2.23. The maximum Gasteiger partial charge on any atom is 0.0494 e. The molecule has 1 saturated heterocycles. The second-order valence-corrected chi connectivity index (χ2v) is 6.53. The molecule has 3 heteroatoms. The third kappa shape index (κ3) is 3.73. The normalized spacial score (nSPS) is 32.9. The number of hydrogen-bond donors (Lipinski definition) is 2. The molecular weight excluding hydrogens is 260 g/mol. The lowest BCUT2D eigenvalue weighted by atomic mass is 10.1. The van der Waals surface area contributed by atoms with Crippen molar-refractivity contribution in [1.82, 2.24) is 10.2 Å². The lowest BCUT2D eigenvalue weighted by Crippen LogP contribution is -2.38. The van der Waals surface area contributed by atoms with E-state index in [9.17, 15) is 5.11 Å². The molecule has 2 N–H and O–H groups in total. The number of aliphatic hydroxyl groups is 1. The summed E-state index contributed by atoms with van der Waals surface area (Å²) in [5.74, 6) is 0.349. The highest BCUT2D eigenvalue weighted by atomic mass is 16.3. The van der Waals surface area contributed by atoms with Crippen LogP contribution in [-0.2, 0) is 6.54 Å². The van der Waals surface area contributed by atoms with Gasteiger partial charge in [0.15, 0.2) is 0 Å². The number of nitrogens with one attached hydrogen (secondary N) is 1. The van der Waals surface area contributed by atoms with Gasteiger partial charge in [0, 0.05) is 43.7 Å². The van der Waals surface area contributed by atoms with Crippen LogP contribution in [0.3, 0.4) is 0 Å². The average Bonchev–Trinajstić information content (AvgIpc) is 3.08. The zero-order chi connectivity index (χ0) is 14.7. The van der Waals surface area contributed by atoms with Crippen LogP contribution in [0, 0.1) is 5.92 Å². The Morgan fingerprint density at radius 1 is 1.19 bits per heavy atom. The molecule has 1 aromatic rings. The fourth-order valence-corrected chi connectivity index (χ4v) is 3.59.